The van der Waals surface area contributed by atoms with Crippen molar-refractivity contribution < 1.29 is 9.59 Å². The summed E-state index contributed by atoms with van der Waals surface area (Å²) < 4.78 is 1.40. The van der Waals surface area contributed by atoms with E-state index in [1.54, 1.807) is 13.0 Å². The maximum atomic E-state index is 12.6. The van der Waals surface area contributed by atoms with Gasteiger partial charge >= 0.3 is 0 Å². The second-order valence-electron chi connectivity index (χ2n) is 6.75. The Hall–Kier alpha value is -3.19. The highest BCUT2D eigenvalue weighted by Gasteiger charge is 2.19. The van der Waals surface area contributed by atoms with Gasteiger partial charge in [0.25, 0.3) is 5.91 Å². The first-order chi connectivity index (χ1) is 13.9. The Morgan fingerprint density at radius 2 is 1.83 bits per heavy atom. The second kappa shape index (κ2) is 8.87. The fraction of sp³-hybridized carbons (Fsp3) is 0.238. The molecular formula is C21H22ClN5O2. The van der Waals surface area contributed by atoms with E-state index < -0.39 is 0 Å². The standard InChI is InChI=1S/C21H22ClN5O2/c1-13-7-6-10-18(14(13)2)24-21(29)20-15(3)27(26-25-20)12-19(28)23-11-16-8-4-5-9-17(16)22/h4-10H,11-12H2,1-3H3,(H,23,28)(H,24,29). The number of amides is 2. The Morgan fingerprint density at radius 1 is 1.07 bits per heavy atom. The van der Waals surface area contributed by atoms with Crippen LogP contribution >= 0.6 is 11.6 Å². The number of aryl methyl sites for hydroxylation is 1. The van der Waals surface area contributed by atoms with Gasteiger partial charge in [0.2, 0.25) is 5.91 Å². The zero-order valence-corrected chi connectivity index (χ0v) is 17.2. The minimum atomic E-state index is -0.362. The number of aromatic nitrogens is 3. The average molecular weight is 412 g/mol. The van der Waals surface area contributed by atoms with Gasteiger partial charge in [0, 0.05) is 17.3 Å². The summed E-state index contributed by atoms with van der Waals surface area (Å²) in [6, 6.07) is 13.0. The van der Waals surface area contributed by atoms with Crippen molar-refractivity contribution in [1.29, 1.82) is 0 Å². The molecule has 7 nitrogen and oxygen atoms in total. The summed E-state index contributed by atoms with van der Waals surface area (Å²) in [5.41, 5.74) is 4.32. The summed E-state index contributed by atoms with van der Waals surface area (Å²) in [5, 5.41) is 14.1. The highest BCUT2D eigenvalue weighted by Crippen LogP contribution is 2.19. The van der Waals surface area contributed by atoms with Gasteiger partial charge in [-0.25, -0.2) is 4.68 Å². The number of nitrogens with one attached hydrogen (secondary N) is 2. The van der Waals surface area contributed by atoms with Gasteiger partial charge in [-0.3, -0.25) is 9.59 Å². The molecule has 0 radical (unpaired) electrons. The molecule has 2 amide bonds. The Balaban J connectivity index is 1.64. The van der Waals surface area contributed by atoms with E-state index in [0.717, 1.165) is 22.4 Å². The largest absolute Gasteiger partial charge is 0.350 e. The monoisotopic (exact) mass is 411 g/mol. The van der Waals surface area contributed by atoms with E-state index in [9.17, 15) is 9.59 Å². The molecule has 150 valence electrons. The molecule has 0 spiro atoms. The van der Waals surface area contributed by atoms with Crippen molar-refractivity contribution in [3.8, 4) is 0 Å². The lowest BCUT2D eigenvalue weighted by molar-refractivity contribution is -0.122. The van der Waals surface area contributed by atoms with Crippen molar-refractivity contribution >= 4 is 29.1 Å². The van der Waals surface area contributed by atoms with E-state index in [-0.39, 0.29) is 24.1 Å². The zero-order valence-electron chi connectivity index (χ0n) is 16.5. The summed E-state index contributed by atoms with van der Waals surface area (Å²) in [6.07, 6.45) is 0. The van der Waals surface area contributed by atoms with Crippen molar-refractivity contribution in [1.82, 2.24) is 20.3 Å². The number of carbonyl (C=O) groups excluding carboxylic acids is 2. The normalized spacial score (nSPS) is 10.6. The van der Waals surface area contributed by atoms with Gasteiger partial charge in [0.05, 0.1) is 5.69 Å². The van der Waals surface area contributed by atoms with Gasteiger partial charge in [-0.2, -0.15) is 0 Å². The van der Waals surface area contributed by atoms with Crippen LogP contribution in [-0.2, 0) is 17.9 Å². The third-order valence-electron chi connectivity index (χ3n) is 4.78. The Kier molecular flexibility index (Phi) is 6.29. The third kappa shape index (κ3) is 4.81. The van der Waals surface area contributed by atoms with Gasteiger partial charge in [0.15, 0.2) is 5.69 Å². The Bertz CT molecular complexity index is 1060. The average Bonchev–Trinajstić information content (AvgIpc) is 3.05. The van der Waals surface area contributed by atoms with E-state index in [4.69, 9.17) is 11.6 Å². The van der Waals surface area contributed by atoms with Crippen LogP contribution in [0.3, 0.4) is 0 Å². The van der Waals surface area contributed by atoms with E-state index in [1.807, 2.05) is 50.2 Å². The van der Waals surface area contributed by atoms with E-state index in [2.05, 4.69) is 20.9 Å². The lowest BCUT2D eigenvalue weighted by Gasteiger charge is -2.10. The molecule has 2 aromatic carbocycles. The lowest BCUT2D eigenvalue weighted by Crippen LogP contribution is -2.28. The van der Waals surface area contributed by atoms with Crippen molar-refractivity contribution in [2.75, 3.05) is 5.32 Å². The lowest BCUT2D eigenvalue weighted by atomic mass is 10.1. The molecule has 0 atom stereocenters. The Labute approximate surface area is 174 Å². The summed E-state index contributed by atoms with van der Waals surface area (Å²) in [5.74, 6) is -0.613. The molecule has 8 heteroatoms. The van der Waals surface area contributed by atoms with Crippen LogP contribution in [0, 0.1) is 20.8 Å². The number of hydrogen-bond donors (Lipinski definition) is 2. The minimum absolute atomic E-state index is 0.0416. The first-order valence-corrected chi connectivity index (χ1v) is 9.52. The molecule has 0 saturated heterocycles. The number of nitrogens with zero attached hydrogens (tertiary/aromatic N) is 3. The molecule has 3 rings (SSSR count). The van der Waals surface area contributed by atoms with Crippen molar-refractivity contribution in [3.63, 3.8) is 0 Å². The van der Waals surface area contributed by atoms with Crippen molar-refractivity contribution in [3.05, 3.63) is 75.6 Å². The fourth-order valence-electron chi connectivity index (χ4n) is 2.82. The van der Waals surface area contributed by atoms with Crippen LogP contribution < -0.4 is 10.6 Å². The Morgan fingerprint density at radius 3 is 2.59 bits per heavy atom. The zero-order chi connectivity index (χ0) is 21.0. The van der Waals surface area contributed by atoms with Gasteiger partial charge in [0.1, 0.15) is 6.54 Å². The quantitative estimate of drug-likeness (QED) is 0.650. The predicted molar refractivity (Wildman–Crippen MR) is 112 cm³/mol. The highest BCUT2D eigenvalue weighted by molar-refractivity contribution is 6.31. The van der Waals surface area contributed by atoms with Crippen LogP contribution in [0.4, 0.5) is 5.69 Å². The molecule has 1 heterocycles. The van der Waals surface area contributed by atoms with Crippen LogP contribution in [0.15, 0.2) is 42.5 Å². The third-order valence-corrected chi connectivity index (χ3v) is 5.15. The fourth-order valence-corrected chi connectivity index (χ4v) is 3.02. The molecular weight excluding hydrogens is 390 g/mol. The molecule has 0 unspecified atom stereocenters. The molecule has 0 fully saturated rings. The first kappa shape index (κ1) is 20.5. The number of carbonyl (C=O) groups is 2. The highest BCUT2D eigenvalue weighted by atomic mass is 35.5. The smallest absolute Gasteiger partial charge is 0.278 e. The minimum Gasteiger partial charge on any atom is -0.350 e. The second-order valence-corrected chi connectivity index (χ2v) is 7.16. The molecule has 0 bridgehead atoms. The molecule has 29 heavy (non-hydrogen) atoms. The van der Waals surface area contributed by atoms with E-state index >= 15 is 0 Å². The van der Waals surface area contributed by atoms with Crippen LogP contribution in [-0.4, -0.2) is 26.8 Å². The predicted octanol–water partition coefficient (Wildman–Crippen LogP) is 3.43. The summed E-state index contributed by atoms with van der Waals surface area (Å²) in [4.78, 5) is 24.9. The maximum Gasteiger partial charge on any atom is 0.278 e. The van der Waals surface area contributed by atoms with Crippen LogP contribution in [0.25, 0.3) is 0 Å². The van der Waals surface area contributed by atoms with E-state index in [0.29, 0.717) is 17.3 Å². The topological polar surface area (TPSA) is 88.9 Å². The van der Waals surface area contributed by atoms with Gasteiger partial charge in [-0.1, -0.05) is 47.1 Å². The van der Waals surface area contributed by atoms with Gasteiger partial charge < -0.3 is 10.6 Å². The maximum absolute atomic E-state index is 12.6. The SMILES string of the molecule is Cc1cccc(NC(=O)c2nnn(CC(=O)NCc3ccccc3Cl)c2C)c1C. The molecule has 0 aliphatic carbocycles. The molecule has 0 aliphatic heterocycles. The van der Waals surface area contributed by atoms with Crippen LogP contribution in [0.5, 0.6) is 0 Å². The molecule has 3 aromatic rings. The van der Waals surface area contributed by atoms with E-state index in [1.165, 1.54) is 4.68 Å². The first-order valence-electron chi connectivity index (χ1n) is 9.14. The molecule has 0 saturated carbocycles. The molecule has 0 aliphatic rings. The number of hydrogen-bond acceptors (Lipinski definition) is 4. The summed E-state index contributed by atoms with van der Waals surface area (Å²) in [6.45, 7) is 5.90. The number of benzene rings is 2. The summed E-state index contributed by atoms with van der Waals surface area (Å²) in [7, 11) is 0. The van der Waals surface area contributed by atoms with Crippen LogP contribution in [0.1, 0.15) is 32.9 Å². The van der Waals surface area contributed by atoms with Gasteiger partial charge in [-0.05, 0) is 49.6 Å². The number of rotatable bonds is 6. The van der Waals surface area contributed by atoms with Crippen molar-refractivity contribution in [2.24, 2.45) is 0 Å². The molecule has 1 aromatic heterocycles. The van der Waals surface area contributed by atoms with Gasteiger partial charge in [-0.15, -0.1) is 5.10 Å². The summed E-state index contributed by atoms with van der Waals surface area (Å²) >= 11 is 6.10. The van der Waals surface area contributed by atoms with Crippen LogP contribution in [0.2, 0.25) is 5.02 Å². The molecule has 2 N–H and O–H groups in total. The number of anilines is 1. The van der Waals surface area contributed by atoms with Crippen molar-refractivity contribution in [2.45, 2.75) is 33.9 Å². The number of halogens is 1.